The number of hydrogen-bond acceptors (Lipinski definition) is 1. The summed E-state index contributed by atoms with van der Waals surface area (Å²) in [6.45, 7) is 2.58. The van der Waals surface area contributed by atoms with Crippen LogP contribution in [-0.2, 0) is 6.54 Å². The van der Waals surface area contributed by atoms with Crippen molar-refractivity contribution in [1.82, 2.24) is 9.13 Å². The quantitative estimate of drug-likeness (QED) is 0.0858. The van der Waals surface area contributed by atoms with Crippen LogP contribution < -0.4 is 0 Å². The van der Waals surface area contributed by atoms with E-state index in [0.717, 1.165) is 66.6 Å². The molecule has 5 nitrogen and oxygen atoms in total. The van der Waals surface area contributed by atoms with Gasteiger partial charge in [0.1, 0.15) is 11.2 Å². The van der Waals surface area contributed by atoms with Crippen LogP contribution in [0.5, 0.6) is 0 Å². The van der Waals surface area contributed by atoms with Gasteiger partial charge in [-0.15, -0.1) is 0 Å². The van der Waals surface area contributed by atoms with Crippen LogP contribution >= 0.6 is 0 Å². The number of fused-ring (bicyclic) bond motifs is 10. The van der Waals surface area contributed by atoms with Crippen LogP contribution in [0.1, 0.15) is 30.5 Å². The van der Waals surface area contributed by atoms with Crippen LogP contribution in [0.15, 0.2) is 205 Å². The Morgan fingerprint density at radius 1 is 0.516 bits per heavy atom. The average molecular weight is 799 g/mol. The van der Waals surface area contributed by atoms with Crippen molar-refractivity contribution in [3.63, 3.8) is 0 Å². The molecule has 1 N–H and O–H groups in total. The van der Waals surface area contributed by atoms with E-state index in [9.17, 15) is 5.84 Å². The molecule has 5 heteroatoms. The highest BCUT2D eigenvalue weighted by molar-refractivity contribution is 6.14. The average Bonchev–Trinajstić information content (AvgIpc) is 3.98. The van der Waals surface area contributed by atoms with Crippen LogP contribution in [0.2, 0.25) is 0 Å². The first kappa shape index (κ1) is 36.0. The van der Waals surface area contributed by atoms with Gasteiger partial charge in [-0.2, -0.15) is 0 Å². The topological polar surface area (TPSA) is 49.8 Å². The lowest BCUT2D eigenvalue weighted by Crippen LogP contribution is -2.21. The van der Waals surface area contributed by atoms with Crippen molar-refractivity contribution < 1.29 is 9.10 Å². The highest BCUT2D eigenvalue weighted by Crippen LogP contribution is 2.40. The van der Waals surface area contributed by atoms with Crippen LogP contribution in [0.25, 0.3) is 99.0 Å². The fourth-order valence-corrected chi connectivity index (χ4v) is 10.1. The third-order valence-electron chi connectivity index (χ3n) is 12.9. The maximum absolute atomic E-state index is 10.3. The molecular formula is C57H42N4O. The molecule has 296 valence electrons. The first-order chi connectivity index (χ1) is 30.6. The number of benzene rings is 9. The lowest BCUT2D eigenvalue weighted by Gasteiger charge is -2.21. The van der Waals surface area contributed by atoms with Crippen molar-refractivity contribution in [1.29, 1.82) is 0 Å². The summed E-state index contributed by atoms with van der Waals surface area (Å²) in [6, 6.07) is 71.3. The number of nitrogens with zero attached hydrogens (tertiary/aromatic N) is 3. The second-order valence-electron chi connectivity index (χ2n) is 16.5. The van der Waals surface area contributed by atoms with E-state index < -0.39 is 0 Å². The van der Waals surface area contributed by atoms with Gasteiger partial charge in [-0.3, -0.25) is 4.68 Å². The minimum atomic E-state index is 0.0233. The smallest absolute Gasteiger partial charge is 0.181 e. The zero-order chi connectivity index (χ0) is 41.3. The lowest BCUT2D eigenvalue weighted by molar-refractivity contribution is -0.476. The Morgan fingerprint density at radius 3 is 1.85 bits per heavy atom. The van der Waals surface area contributed by atoms with Crippen molar-refractivity contribution >= 4 is 82.0 Å². The molecule has 1 atom stereocenters. The van der Waals surface area contributed by atoms with Gasteiger partial charge < -0.3 is 19.4 Å². The molecule has 0 saturated carbocycles. The summed E-state index contributed by atoms with van der Waals surface area (Å²) in [6.07, 6.45) is 0.622. The molecule has 0 amide bonds. The molecular weight excluding hydrogens is 757 g/mol. The third-order valence-corrected chi connectivity index (χ3v) is 12.9. The number of furan rings is 1. The molecule has 62 heavy (non-hydrogen) atoms. The molecule has 3 heterocycles. The summed E-state index contributed by atoms with van der Waals surface area (Å²) in [4.78, 5) is 0. The van der Waals surface area contributed by atoms with Crippen LogP contribution in [0.4, 0.5) is 0 Å². The predicted octanol–water partition coefficient (Wildman–Crippen LogP) is 15.2. The summed E-state index contributed by atoms with van der Waals surface area (Å²) < 4.78 is 13.5. The van der Waals surface area contributed by atoms with Gasteiger partial charge in [0.05, 0.1) is 28.7 Å². The zero-order valence-corrected chi connectivity index (χ0v) is 34.3. The Labute approximate surface area is 358 Å². The fourth-order valence-electron chi connectivity index (χ4n) is 10.1. The Kier molecular flexibility index (Phi) is 8.36. The monoisotopic (exact) mass is 798 g/mol. The number of nitrogens with one attached hydrogen (secondary N) is 1. The molecule has 0 aliphatic rings. The van der Waals surface area contributed by atoms with E-state index in [1.807, 2.05) is 12.1 Å². The molecule has 0 bridgehead atoms. The number of hydrogen-bond donors (Lipinski definition) is 0. The Morgan fingerprint density at radius 2 is 1.11 bits per heavy atom. The summed E-state index contributed by atoms with van der Waals surface area (Å²) in [7, 11) is 0. The van der Waals surface area contributed by atoms with Gasteiger partial charge in [0.15, 0.2) is 12.3 Å². The van der Waals surface area contributed by atoms with E-state index in [-0.39, 0.29) is 6.04 Å². The van der Waals surface area contributed by atoms with Gasteiger partial charge >= 0.3 is 0 Å². The molecule has 12 rings (SSSR count). The zero-order valence-electron chi connectivity index (χ0n) is 34.3. The van der Waals surface area contributed by atoms with Crippen molar-refractivity contribution in [3.8, 4) is 16.8 Å². The number of para-hydroxylation sites is 4. The van der Waals surface area contributed by atoms with Gasteiger partial charge in [-0.05, 0) is 89.5 Å². The Hall–Kier alpha value is -7.89. The van der Waals surface area contributed by atoms with E-state index in [2.05, 4.69) is 204 Å². The van der Waals surface area contributed by atoms with E-state index in [0.29, 0.717) is 13.0 Å². The van der Waals surface area contributed by atoms with E-state index in [1.165, 1.54) is 43.4 Å². The summed E-state index contributed by atoms with van der Waals surface area (Å²) in [5.74, 6) is 10.3. The predicted molar refractivity (Wildman–Crippen MR) is 259 cm³/mol. The highest BCUT2D eigenvalue weighted by atomic mass is 16.3. The molecule has 0 aliphatic heterocycles. The van der Waals surface area contributed by atoms with Gasteiger partial charge in [0, 0.05) is 55.0 Å². The first-order valence-electron chi connectivity index (χ1n) is 21.4. The molecule has 12 aromatic rings. The molecule has 0 spiro atoms. The normalized spacial score (nSPS) is 13.0. The highest BCUT2D eigenvalue weighted by Gasteiger charge is 2.26. The van der Waals surface area contributed by atoms with Crippen molar-refractivity contribution in [3.05, 3.63) is 217 Å². The number of aromatic nitrogens is 2. The van der Waals surface area contributed by atoms with E-state index in [1.54, 1.807) is 4.68 Å². The largest absolute Gasteiger partial charge is 0.455 e. The second kappa shape index (κ2) is 14.4. The molecule has 0 fully saturated rings. The lowest BCUT2D eigenvalue weighted by atomic mass is 9.97. The van der Waals surface area contributed by atoms with Crippen molar-refractivity contribution in [2.45, 2.75) is 25.9 Å². The Bertz CT molecular complexity index is 3680. The molecule has 3 aromatic heterocycles. The van der Waals surface area contributed by atoms with Crippen LogP contribution in [-0.4, -0.2) is 19.5 Å². The summed E-state index contributed by atoms with van der Waals surface area (Å²) >= 11 is 0. The maximum Gasteiger partial charge on any atom is 0.181 e. The second-order valence-corrected chi connectivity index (χ2v) is 16.5. The Balaban J connectivity index is 1.10. The first-order valence-corrected chi connectivity index (χ1v) is 21.4. The summed E-state index contributed by atoms with van der Waals surface area (Å²) in [5, 5.41) is 9.38. The minimum Gasteiger partial charge on any atom is -0.455 e. The molecule has 0 aliphatic carbocycles. The van der Waals surface area contributed by atoms with Gasteiger partial charge in [-0.1, -0.05) is 140 Å². The molecule has 1 unspecified atom stereocenters. The van der Waals surface area contributed by atoms with Gasteiger partial charge in [-0.25, -0.2) is 0 Å². The number of rotatable bonds is 8. The standard InChI is InChI=1S/C57H42N4O/c1-37(60-50-26-11-7-22-43(50)44-23-8-12-27-51(44)60)32-54(42-21-15-20-39(33-42)38-16-3-2-4-17-38)59(58)36-49-53(31-30-47-46-25-10-14-29-56(46)62-57(47)49)61-52-28-13-9-24-45(52)48-34-40-18-5-6-19-41(40)35-55(48)61/h2-31,33-35,37,58H,32,36H2,1H3/b59-54+,59-58?. The van der Waals surface area contributed by atoms with Crippen molar-refractivity contribution in [2.75, 3.05) is 0 Å². The van der Waals surface area contributed by atoms with Crippen LogP contribution in [0.3, 0.4) is 0 Å². The van der Waals surface area contributed by atoms with E-state index >= 15 is 0 Å². The molecule has 9 aromatic carbocycles. The maximum atomic E-state index is 10.3. The fraction of sp³-hybridized carbons (Fsp3) is 0.0702. The molecule has 0 saturated heterocycles. The van der Waals surface area contributed by atoms with Crippen molar-refractivity contribution in [2.24, 2.45) is 0 Å². The molecule has 0 radical (unpaired) electrons. The van der Waals surface area contributed by atoms with E-state index in [4.69, 9.17) is 4.42 Å². The van der Waals surface area contributed by atoms with Gasteiger partial charge in [0.25, 0.3) is 0 Å². The third kappa shape index (κ3) is 5.73. The SMILES string of the molecule is CC(C/C(c1cccc(-c2ccccc2)c1)=[N+](\[NH-])Cc1c(-n2c3ccccc3c3cc4ccccc4cc32)ccc2c1oc1ccccc12)n1c2ccccc2c2ccccc21. The minimum absolute atomic E-state index is 0.0233. The van der Waals surface area contributed by atoms with Crippen LogP contribution in [0, 0.1) is 0 Å². The summed E-state index contributed by atoms with van der Waals surface area (Å²) in [5.41, 5.74) is 12.5. The van der Waals surface area contributed by atoms with Gasteiger partial charge in [0.2, 0.25) is 0 Å².